The molecule has 0 fully saturated rings. The van der Waals surface area contributed by atoms with Crippen LogP contribution in [0.5, 0.6) is 0 Å². The molecular formula is C25H44N2. The molecule has 4 unspecified atom stereocenters. The van der Waals surface area contributed by atoms with Gasteiger partial charge in [-0.1, -0.05) is 77.9 Å². The standard InChI is InChI=1S/C25H44N2/c1-6-10-22(14-15-26)17-24(12-8-3)19-25(13-9-4)18-23(11-7-2)16-21(5)20-27/h17,21-23,25H,6-14,16,18-19H2,1-5H3. The van der Waals surface area contributed by atoms with Gasteiger partial charge >= 0.3 is 0 Å². The Bertz CT molecular complexity index is 466. The lowest BCUT2D eigenvalue weighted by atomic mass is 9.80. The van der Waals surface area contributed by atoms with E-state index in [1.165, 1.54) is 51.4 Å². The van der Waals surface area contributed by atoms with Gasteiger partial charge < -0.3 is 0 Å². The molecule has 4 atom stereocenters. The molecule has 0 aromatic heterocycles. The van der Waals surface area contributed by atoms with Crippen molar-refractivity contribution in [2.45, 2.75) is 112 Å². The second-order valence-corrected chi connectivity index (χ2v) is 8.50. The van der Waals surface area contributed by atoms with E-state index in [0.29, 0.717) is 18.3 Å². The molecule has 0 saturated carbocycles. The van der Waals surface area contributed by atoms with Crippen LogP contribution in [0.25, 0.3) is 0 Å². The molecule has 2 nitrogen and oxygen atoms in total. The van der Waals surface area contributed by atoms with E-state index in [-0.39, 0.29) is 5.92 Å². The van der Waals surface area contributed by atoms with Crippen molar-refractivity contribution in [3.8, 4) is 12.1 Å². The molecule has 0 aliphatic carbocycles. The third-order valence-electron chi connectivity index (χ3n) is 5.57. The Balaban J connectivity index is 5.20. The van der Waals surface area contributed by atoms with Gasteiger partial charge in [0.05, 0.1) is 12.1 Å². The second-order valence-electron chi connectivity index (χ2n) is 8.50. The van der Waals surface area contributed by atoms with Gasteiger partial charge in [-0.05, 0) is 56.8 Å². The summed E-state index contributed by atoms with van der Waals surface area (Å²) >= 11 is 0. The summed E-state index contributed by atoms with van der Waals surface area (Å²) in [6.07, 6.45) is 16.2. The molecule has 0 heterocycles. The Hall–Kier alpha value is -1.28. The normalized spacial score (nSPS) is 16.2. The SMILES string of the molecule is CCCC(=CC(CC#N)CCC)CC(CCC)CC(CCC)CC(C)C#N. The lowest BCUT2D eigenvalue weighted by molar-refractivity contribution is 0.297. The zero-order chi connectivity index (χ0) is 20.5. The minimum Gasteiger partial charge on any atom is -0.198 e. The first-order valence-electron chi connectivity index (χ1n) is 11.5. The third-order valence-corrected chi connectivity index (χ3v) is 5.57. The molecule has 2 heteroatoms. The van der Waals surface area contributed by atoms with Crippen molar-refractivity contribution in [1.29, 1.82) is 10.5 Å². The topological polar surface area (TPSA) is 47.6 Å². The molecule has 27 heavy (non-hydrogen) atoms. The molecule has 0 rings (SSSR count). The lowest BCUT2D eigenvalue weighted by Gasteiger charge is -2.25. The highest BCUT2D eigenvalue weighted by Gasteiger charge is 2.19. The smallest absolute Gasteiger partial charge is 0.0652 e. The Morgan fingerprint density at radius 1 is 0.852 bits per heavy atom. The predicted molar refractivity (Wildman–Crippen MR) is 117 cm³/mol. The Kier molecular flexibility index (Phi) is 16.1. The number of allylic oxidation sites excluding steroid dienone is 2. The summed E-state index contributed by atoms with van der Waals surface area (Å²) in [7, 11) is 0. The van der Waals surface area contributed by atoms with Crippen LogP contribution in [0.1, 0.15) is 112 Å². The van der Waals surface area contributed by atoms with Crippen molar-refractivity contribution in [3.63, 3.8) is 0 Å². The number of hydrogen-bond acceptors (Lipinski definition) is 2. The monoisotopic (exact) mass is 372 g/mol. The summed E-state index contributed by atoms with van der Waals surface area (Å²) in [6.45, 7) is 11.1. The number of rotatable bonds is 16. The average Bonchev–Trinajstić information content (AvgIpc) is 2.62. The van der Waals surface area contributed by atoms with Gasteiger partial charge in [0.25, 0.3) is 0 Å². The third kappa shape index (κ3) is 12.7. The lowest BCUT2D eigenvalue weighted by Crippen LogP contribution is -2.13. The van der Waals surface area contributed by atoms with Crippen LogP contribution in [0.3, 0.4) is 0 Å². The molecule has 0 aliphatic rings. The minimum absolute atomic E-state index is 0.166. The molecule has 0 spiro atoms. The van der Waals surface area contributed by atoms with Crippen LogP contribution in [0.15, 0.2) is 11.6 Å². The molecule has 0 bridgehead atoms. The minimum atomic E-state index is 0.166. The summed E-state index contributed by atoms with van der Waals surface area (Å²) in [4.78, 5) is 0. The van der Waals surface area contributed by atoms with Gasteiger partial charge in [-0.2, -0.15) is 10.5 Å². The van der Waals surface area contributed by atoms with Crippen molar-refractivity contribution in [3.05, 3.63) is 11.6 Å². The van der Waals surface area contributed by atoms with E-state index in [9.17, 15) is 5.26 Å². The Morgan fingerprint density at radius 2 is 1.48 bits per heavy atom. The van der Waals surface area contributed by atoms with Crippen LogP contribution in [-0.4, -0.2) is 0 Å². The zero-order valence-corrected chi connectivity index (χ0v) is 18.8. The molecule has 0 N–H and O–H groups in total. The van der Waals surface area contributed by atoms with Crippen molar-refractivity contribution < 1.29 is 0 Å². The molecule has 0 aliphatic heterocycles. The Labute approximate surface area is 170 Å². The van der Waals surface area contributed by atoms with Crippen molar-refractivity contribution in [2.75, 3.05) is 0 Å². The largest absolute Gasteiger partial charge is 0.198 e. The summed E-state index contributed by atoms with van der Waals surface area (Å²) in [5, 5.41) is 18.4. The van der Waals surface area contributed by atoms with E-state index in [2.05, 4.69) is 52.8 Å². The van der Waals surface area contributed by atoms with E-state index < -0.39 is 0 Å². The summed E-state index contributed by atoms with van der Waals surface area (Å²) in [5.74, 6) is 1.99. The molecule has 0 amide bonds. The fourth-order valence-electron chi connectivity index (χ4n) is 4.49. The fourth-order valence-corrected chi connectivity index (χ4v) is 4.49. The maximum absolute atomic E-state index is 9.22. The van der Waals surface area contributed by atoms with Crippen LogP contribution in [-0.2, 0) is 0 Å². The molecule has 154 valence electrons. The summed E-state index contributed by atoms with van der Waals surface area (Å²) < 4.78 is 0. The van der Waals surface area contributed by atoms with Crippen molar-refractivity contribution in [1.82, 2.24) is 0 Å². The van der Waals surface area contributed by atoms with Crippen LogP contribution in [0.4, 0.5) is 0 Å². The van der Waals surface area contributed by atoms with E-state index in [1.807, 2.05) is 0 Å². The molecule has 0 radical (unpaired) electrons. The molecule has 0 aromatic carbocycles. The highest BCUT2D eigenvalue weighted by Crippen LogP contribution is 2.32. The van der Waals surface area contributed by atoms with Gasteiger partial charge in [0, 0.05) is 12.3 Å². The van der Waals surface area contributed by atoms with Crippen LogP contribution in [0.2, 0.25) is 0 Å². The average molecular weight is 373 g/mol. The van der Waals surface area contributed by atoms with Gasteiger partial charge in [-0.15, -0.1) is 0 Å². The first kappa shape index (κ1) is 25.7. The van der Waals surface area contributed by atoms with Gasteiger partial charge in [0.15, 0.2) is 0 Å². The van der Waals surface area contributed by atoms with Crippen molar-refractivity contribution in [2.24, 2.45) is 23.7 Å². The predicted octanol–water partition coefficient (Wildman–Crippen LogP) is 8.21. The van der Waals surface area contributed by atoms with Crippen LogP contribution in [0, 0.1) is 46.3 Å². The van der Waals surface area contributed by atoms with Crippen LogP contribution >= 0.6 is 0 Å². The maximum Gasteiger partial charge on any atom is 0.0652 e. The summed E-state index contributed by atoms with van der Waals surface area (Å²) in [5.41, 5.74) is 1.58. The van der Waals surface area contributed by atoms with Gasteiger partial charge in [0.2, 0.25) is 0 Å². The highest BCUT2D eigenvalue weighted by molar-refractivity contribution is 5.07. The van der Waals surface area contributed by atoms with Gasteiger partial charge in [-0.25, -0.2) is 0 Å². The summed E-state index contributed by atoms with van der Waals surface area (Å²) in [6, 6.07) is 4.81. The van der Waals surface area contributed by atoms with Crippen LogP contribution < -0.4 is 0 Å². The molecule has 0 saturated heterocycles. The first-order chi connectivity index (χ1) is 13.0. The van der Waals surface area contributed by atoms with E-state index in [4.69, 9.17) is 5.26 Å². The number of nitrogens with zero attached hydrogens (tertiary/aromatic N) is 2. The van der Waals surface area contributed by atoms with E-state index >= 15 is 0 Å². The van der Waals surface area contributed by atoms with Gasteiger partial charge in [0.1, 0.15) is 0 Å². The zero-order valence-electron chi connectivity index (χ0n) is 18.8. The van der Waals surface area contributed by atoms with Crippen molar-refractivity contribution >= 4 is 0 Å². The number of nitriles is 2. The number of hydrogen-bond donors (Lipinski definition) is 0. The molecule has 0 aromatic rings. The molecular weight excluding hydrogens is 328 g/mol. The first-order valence-corrected chi connectivity index (χ1v) is 11.5. The Morgan fingerprint density at radius 3 is 2.00 bits per heavy atom. The quantitative estimate of drug-likeness (QED) is 0.256. The van der Waals surface area contributed by atoms with Gasteiger partial charge in [-0.3, -0.25) is 0 Å². The highest BCUT2D eigenvalue weighted by atomic mass is 14.3. The fraction of sp³-hybridized carbons (Fsp3) is 0.840. The second kappa shape index (κ2) is 16.9. The van der Waals surface area contributed by atoms with E-state index in [0.717, 1.165) is 25.2 Å². The van der Waals surface area contributed by atoms with E-state index in [1.54, 1.807) is 5.57 Å². The maximum atomic E-state index is 9.22.